The number of thiophene rings is 1. The molecule has 2 N–H and O–H groups in total. The van der Waals surface area contributed by atoms with Gasteiger partial charge in [0.2, 0.25) is 5.95 Å². The fourth-order valence-electron chi connectivity index (χ4n) is 2.52. The van der Waals surface area contributed by atoms with Gasteiger partial charge in [0.05, 0.1) is 10.6 Å². The Bertz CT molecular complexity index is 1070. The Morgan fingerprint density at radius 2 is 1.86 bits per heavy atom. The van der Waals surface area contributed by atoms with Crippen molar-refractivity contribution >= 4 is 29.3 Å². The van der Waals surface area contributed by atoms with Gasteiger partial charge in [-0.3, -0.25) is 15.6 Å². The van der Waals surface area contributed by atoms with Crippen molar-refractivity contribution in [2.24, 2.45) is 0 Å². The minimum atomic E-state index is -0.322. The standard InChI is InChI=1S/C20H16N6OS/c27-18(23-24-20-21-11-5-12-22-20)10-9-15-14-26(16-6-2-1-3-7-16)25-19(15)17-8-4-13-28-17/h1-14H,(H,23,27)(H,21,22,24)/b10-9+. The summed E-state index contributed by atoms with van der Waals surface area (Å²) in [5.41, 5.74) is 7.82. The van der Waals surface area contributed by atoms with Crippen molar-refractivity contribution in [2.75, 3.05) is 5.43 Å². The van der Waals surface area contributed by atoms with Crippen LogP contribution in [0.5, 0.6) is 0 Å². The zero-order valence-corrected chi connectivity index (χ0v) is 15.5. The van der Waals surface area contributed by atoms with E-state index in [4.69, 9.17) is 5.10 Å². The maximum absolute atomic E-state index is 12.1. The van der Waals surface area contributed by atoms with Gasteiger partial charge in [0.1, 0.15) is 5.69 Å². The molecule has 138 valence electrons. The first-order chi connectivity index (χ1) is 13.8. The van der Waals surface area contributed by atoms with Crippen LogP contribution in [0.25, 0.3) is 22.3 Å². The van der Waals surface area contributed by atoms with E-state index in [-0.39, 0.29) is 5.91 Å². The number of aromatic nitrogens is 4. The summed E-state index contributed by atoms with van der Waals surface area (Å²) in [4.78, 5) is 21.1. The van der Waals surface area contributed by atoms with Crippen molar-refractivity contribution in [3.63, 3.8) is 0 Å². The molecule has 3 heterocycles. The van der Waals surface area contributed by atoms with Crippen molar-refractivity contribution in [1.29, 1.82) is 0 Å². The van der Waals surface area contributed by atoms with Crippen molar-refractivity contribution in [1.82, 2.24) is 25.2 Å². The van der Waals surface area contributed by atoms with Gasteiger partial charge in [0, 0.05) is 30.2 Å². The second kappa shape index (κ2) is 8.28. The topological polar surface area (TPSA) is 84.7 Å². The Balaban J connectivity index is 1.55. The first-order valence-electron chi connectivity index (χ1n) is 8.50. The molecular formula is C20H16N6OS. The van der Waals surface area contributed by atoms with Crippen LogP contribution in [-0.2, 0) is 4.79 Å². The zero-order chi connectivity index (χ0) is 19.2. The Morgan fingerprint density at radius 3 is 2.61 bits per heavy atom. The molecule has 1 amide bonds. The van der Waals surface area contributed by atoms with Crippen LogP contribution in [0.4, 0.5) is 5.95 Å². The number of nitrogens with zero attached hydrogens (tertiary/aromatic N) is 4. The summed E-state index contributed by atoms with van der Waals surface area (Å²) in [6, 6.07) is 15.5. The van der Waals surface area contributed by atoms with Crippen LogP contribution in [0.15, 0.2) is 78.6 Å². The van der Waals surface area contributed by atoms with Crippen molar-refractivity contribution in [2.45, 2.75) is 0 Å². The molecule has 0 unspecified atom stereocenters. The van der Waals surface area contributed by atoms with E-state index >= 15 is 0 Å². The van der Waals surface area contributed by atoms with E-state index in [9.17, 15) is 4.79 Å². The van der Waals surface area contributed by atoms with E-state index in [1.807, 2.05) is 58.7 Å². The van der Waals surface area contributed by atoms with Gasteiger partial charge in [0.25, 0.3) is 5.91 Å². The predicted octanol–water partition coefficient (Wildman–Crippen LogP) is 3.55. The summed E-state index contributed by atoms with van der Waals surface area (Å²) in [5.74, 6) is -0.00235. The average molecular weight is 388 g/mol. The van der Waals surface area contributed by atoms with Crippen LogP contribution in [0, 0.1) is 0 Å². The van der Waals surface area contributed by atoms with Crippen LogP contribution in [0.2, 0.25) is 0 Å². The zero-order valence-electron chi connectivity index (χ0n) is 14.7. The molecule has 0 saturated heterocycles. The van der Waals surface area contributed by atoms with Crippen LogP contribution in [0.3, 0.4) is 0 Å². The van der Waals surface area contributed by atoms with E-state index in [1.165, 1.54) is 6.08 Å². The lowest BCUT2D eigenvalue weighted by Crippen LogP contribution is -2.28. The summed E-state index contributed by atoms with van der Waals surface area (Å²) >= 11 is 1.60. The van der Waals surface area contributed by atoms with Crippen molar-refractivity contribution in [3.05, 3.63) is 84.1 Å². The van der Waals surface area contributed by atoms with E-state index in [0.29, 0.717) is 5.95 Å². The first-order valence-corrected chi connectivity index (χ1v) is 9.37. The lowest BCUT2D eigenvalue weighted by atomic mass is 10.2. The predicted molar refractivity (Wildman–Crippen MR) is 110 cm³/mol. The van der Waals surface area contributed by atoms with Crippen molar-refractivity contribution in [3.8, 4) is 16.3 Å². The number of amides is 1. The number of carbonyl (C=O) groups is 1. The van der Waals surface area contributed by atoms with Gasteiger partial charge < -0.3 is 0 Å². The van der Waals surface area contributed by atoms with Gasteiger partial charge in [-0.1, -0.05) is 24.3 Å². The van der Waals surface area contributed by atoms with Crippen LogP contribution in [0.1, 0.15) is 5.56 Å². The molecule has 3 aromatic heterocycles. The first kappa shape index (κ1) is 17.6. The molecule has 0 spiro atoms. The molecule has 0 aliphatic rings. The normalized spacial score (nSPS) is 10.9. The molecule has 4 aromatic rings. The molecule has 4 rings (SSSR count). The number of anilines is 1. The third-order valence-corrected chi connectivity index (χ3v) is 4.67. The van der Waals surface area contributed by atoms with Gasteiger partial charge >= 0.3 is 0 Å². The maximum atomic E-state index is 12.1. The number of rotatable bonds is 6. The fourth-order valence-corrected chi connectivity index (χ4v) is 3.25. The van der Waals surface area contributed by atoms with E-state index in [2.05, 4.69) is 20.8 Å². The monoisotopic (exact) mass is 388 g/mol. The summed E-state index contributed by atoms with van der Waals surface area (Å²) in [6.07, 6.45) is 8.26. The largest absolute Gasteiger partial charge is 0.268 e. The minimum Gasteiger partial charge on any atom is -0.268 e. The molecule has 0 aliphatic heterocycles. The molecule has 0 saturated carbocycles. The second-order valence-corrected chi connectivity index (χ2v) is 6.66. The summed E-state index contributed by atoms with van der Waals surface area (Å²) < 4.78 is 1.81. The lowest BCUT2D eigenvalue weighted by molar-refractivity contribution is -0.116. The van der Waals surface area contributed by atoms with Crippen LogP contribution >= 0.6 is 11.3 Å². The highest BCUT2D eigenvalue weighted by molar-refractivity contribution is 7.13. The smallest absolute Gasteiger partial charge is 0.262 e. The summed E-state index contributed by atoms with van der Waals surface area (Å²) in [5, 5.41) is 6.70. The Morgan fingerprint density at radius 1 is 1.04 bits per heavy atom. The highest BCUT2D eigenvalue weighted by atomic mass is 32.1. The summed E-state index contributed by atoms with van der Waals surface area (Å²) in [6.45, 7) is 0. The van der Waals surface area contributed by atoms with E-state index in [0.717, 1.165) is 21.8 Å². The molecular weight excluding hydrogens is 372 g/mol. The molecule has 28 heavy (non-hydrogen) atoms. The molecule has 0 atom stereocenters. The second-order valence-electron chi connectivity index (χ2n) is 5.71. The van der Waals surface area contributed by atoms with E-state index < -0.39 is 0 Å². The molecule has 8 heteroatoms. The van der Waals surface area contributed by atoms with Crippen LogP contribution in [-0.4, -0.2) is 25.7 Å². The van der Waals surface area contributed by atoms with Crippen molar-refractivity contribution < 1.29 is 4.79 Å². The molecule has 0 bridgehead atoms. The number of carbonyl (C=O) groups excluding carboxylic acids is 1. The third-order valence-electron chi connectivity index (χ3n) is 3.80. The molecule has 0 aliphatic carbocycles. The molecule has 0 radical (unpaired) electrons. The Hall–Kier alpha value is -3.78. The molecule has 7 nitrogen and oxygen atoms in total. The lowest BCUT2D eigenvalue weighted by Gasteiger charge is -2.03. The molecule has 1 aromatic carbocycles. The highest BCUT2D eigenvalue weighted by Gasteiger charge is 2.11. The fraction of sp³-hybridized carbons (Fsp3) is 0. The van der Waals surface area contributed by atoms with Gasteiger partial charge in [-0.15, -0.1) is 11.3 Å². The summed E-state index contributed by atoms with van der Waals surface area (Å²) in [7, 11) is 0. The number of para-hydroxylation sites is 1. The quantitative estimate of drug-likeness (QED) is 0.390. The Labute approximate surface area is 165 Å². The molecule has 0 fully saturated rings. The van der Waals surface area contributed by atoms with E-state index in [1.54, 1.807) is 35.9 Å². The maximum Gasteiger partial charge on any atom is 0.262 e. The number of hydrogen-bond acceptors (Lipinski definition) is 6. The van der Waals surface area contributed by atoms with Gasteiger partial charge in [-0.05, 0) is 35.7 Å². The SMILES string of the molecule is O=C(/C=C/c1cn(-c2ccccc2)nc1-c1cccs1)NNc1ncccn1. The average Bonchev–Trinajstić information content (AvgIpc) is 3.42. The number of benzene rings is 1. The Kier molecular flexibility index (Phi) is 5.21. The third kappa shape index (κ3) is 4.13. The number of nitrogens with one attached hydrogen (secondary N) is 2. The van der Waals surface area contributed by atoms with Gasteiger partial charge in [-0.2, -0.15) is 5.10 Å². The number of hydrazine groups is 1. The minimum absolute atomic E-state index is 0.320. The highest BCUT2D eigenvalue weighted by Crippen LogP contribution is 2.28. The number of hydrogen-bond donors (Lipinski definition) is 2. The van der Waals surface area contributed by atoms with Gasteiger partial charge in [-0.25, -0.2) is 14.6 Å². The van der Waals surface area contributed by atoms with Gasteiger partial charge in [0.15, 0.2) is 0 Å². The van der Waals surface area contributed by atoms with Crippen LogP contribution < -0.4 is 10.9 Å².